The highest BCUT2D eigenvalue weighted by Crippen LogP contribution is 2.32. The second-order valence-electron chi connectivity index (χ2n) is 6.33. The molecule has 4 rings (SSSR count). The van der Waals surface area contributed by atoms with Crippen LogP contribution in [-0.2, 0) is 0 Å². The van der Waals surface area contributed by atoms with Gasteiger partial charge in [-0.25, -0.2) is 4.79 Å². The molecule has 0 atom stereocenters. The fourth-order valence-electron chi connectivity index (χ4n) is 2.87. The second kappa shape index (κ2) is 6.61. The summed E-state index contributed by atoms with van der Waals surface area (Å²) in [6.07, 6.45) is 1.46. The maximum absolute atomic E-state index is 13.0. The zero-order valence-corrected chi connectivity index (χ0v) is 14.8. The summed E-state index contributed by atoms with van der Waals surface area (Å²) in [7, 11) is 0. The lowest BCUT2D eigenvalue weighted by Crippen LogP contribution is -2.16. The van der Waals surface area contributed by atoms with E-state index in [9.17, 15) is 9.59 Å². The van der Waals surface area contributed by atoms with Crippen LogP contribution in [0.3, 0.4) is 0 Å². The number of esters is 1. The van der Waals surface area contributed by atoms with E-state index in [4.69, 9.17) is 13.6 Å². The van der Waals surface area contributed by atoms with Crippen LogP contribution in [0.4, 0.5) is 0 Å². The van der Waals surface area contributed by atoms with Crippen molar-refractivity contribution in [1.29, 1.82) is 0 Å². The first-order valence-corrected chi connectivity index (χ1v) is 8.43. The molecule has 5 heteroatoms. The highest BCUT2D eigenvalue weighted by atomic mass is 16.5. The number of aryl methyl sites for hydroxylation is 2. The van der Waals surface area contributed by atoms with E-state index in [1.807, 2.05) is 19.9 Å². The Balaban J connectivity index is 1.89. The predicted octanol–water partition coefficient (Wildman–Crippen LogP) is 4.89. The second-order valence-corrected chi connectivity index (χ2v) is 6.33. The van der Waals surface area contributed by atoms with Crippen molar-refractivity contribution in [1.82, 2.24) is 0 Å². The van der Waals surface area contributed by atoms with E-state index in [-0.39, 0.29) is 11.5 Å². The molecule has 0 unspecified atom stereocenters. The highest BCUT2D eigenvalue weighted by molar-refractivity contribution is 5.93. The van der Waals surface area contributed by atoms with Crippen molar-refractivity contribution in [2.75, 3.05) is 0 Å². The molecule has 2 heterocycles. The largest absolute Gasteiger partial charge is 0.461 e. The van der Waals surface area contributed by atoms with Gasteiger partial charge in [-0.3, -0.25) is 4.79 Å². The molecule has 2 aromatic heterocycles. The summed E-state index contributed by atoms with van der Waals surface area (Å²) < 4.78 is 16.7. The molecule has 4 aromatic rings. The van der Waals surface area contributed by atoms with Gasteiger partial charge in [0.25, 0.3) is 0 Å². The van der Waals surface area contributed by atoms with Gasteiger partial charge in [0.2, 0.25) is 16.9 Å². The van der Waals surface area contributed by atoms with Crippen molar-refractivity contribution in [3.8, 4) is 17.3 Å². The lowest BCUT2D eigenvalue weighted by molar-refractivity contribution is 0.0731. The zero-order chi connectivity index (χ0) is 19.0. The lowest BCUT2D eigenvalue weighted by atomic mass is 10.1. The number of carbonyl (C=O) groups excluding carboxylic acids is 1. The molecule has 0 aliphatic carbocycles. The van der Waals surface area contributed by atoms with Crippen LogP contribution in [0.5, 0.6) is 5.75 Å². The van der Waals surface area contributed by atoms with Crippen LogP contribution in [0.1, 0.15) is 21.5 Å². The minimum Gasteiger partial charge on any atom is -0.461 e. The van der Waals surface area contributed by atoms with Crippen LogP contribution >= 0.6 is 0 Å². The van der Waals surface area contributed by atoms with Crippen LogP contribution in [0.15, 0.2) is 74.5 Å². The molecule has 2 aromatic carbocycles. The Kier molecular flexibility index (Phi) is 4.12. The number of hydrogen-bond donors (Lipinski definition) is 0. The number of carbonyl (C=O) groups is 1. The third-order valence-corrected chi connectivity index (χ3v) is 4.20. The normalized spacial score (nSPS) is 10.9. The molecular weight excluding hydrogens is 344 g/mol. The first-order chi connectivity index (χ1) is 13.0. The first-order valence-electron chi connectivity index (χ1n) is 8.43. The molecule has 134 valence electrons. The molecular formula is C22H16O5. The van der Waals surface area contributed by atoms with E-state index < -0.39 is 11.4 Å². The van der Waals surface area contributed by atoms with Gasteiger partial charge < -0.3 is 13.6 Å². The van der Waals surface area contributed by atoms with Gasteiger partial charge in [0.1, 0.15) is 5.58 Å². The molecule has 0 bridgehead atoms. The van der Waals surface area contributed by atoms with Crippen LogP contribution in [0, 0.1) is 13.8 Å². The number of rotatable bonds is 3. The fraction of sp³-hybridized carbons (Fsp3) is 0.0909. The molecule has 0 aliphatic rings. The Bertz CT molecular complexity index is 1200. The van der Waals surface area contributed by atoms with E-state index in [1.54, 1.807) is 48.5 Å². The molecule has 0 amide bonds. The predicted molar refractivity (Wildman–Crippen MR) is 101 cm³/mol. The minimum absolute atomic E-state index is 0.0871. The fourth-order valence-corrected chi connectivity index (χ4v) is 2.87. The van der Waals surface area contributed by atoms with Crippen LogP contribution in [-0.4, -0.2) is 5.97 Å². The van der Waals surface area contributed by atoms with Crippen LogP contribution < -0.4 is 10.2 Å². The maximum atomic E-state index is 13.0. The first kappa shape index (κ1) is 16.8. The van der Waals surface area contributed by atoms with Gasteiger partial charge in [-0.15, -0.1) is 0 Å². The van der Waals surface area contributed by atoms with Gasteiger partial charge in [0.15, 0.2) is 5.76 Å². The van der Waals surface area contributed by atoms with Gasteiger partial charge in [0.05, 0.1) is 17.2 Å². The average Bonchev–Trinajstić information content (AvgIpc) is 3.18. The quantitative estimate of drug-likeness (QED) is 0.487. The lowest BCUT2D eigenvalue weighted by Gasteiger charge is -2.09. The van der Waals surface area contributed by atoms with Crippen molar-refractivity contribution < 1.29 is 18.4 Å². The summed E-state index contributed by atoms with van der Waals surface area (Å²) in [6, 6.07) is 15.5. The summed E-state index contributed by atoms with van der Waals surface area (Å²) >= 11 is 0. The van der Waals surface area contributed by atoms with Gasteiger partial charge in [0, 0.05) is 0 Å². The van der Waals surface area contributed by atoms with Crippen molar-refractivity contribution in [2.24, 2.45) is 0 Å². The zero-order valence-electron chi connectivity index (χ0n) is 14.8. The Morgan fingerprint density at radius 3 is 2.52 bits per heavy atom. The van der Waals surface area contributed by atoms with E-state index in [0.717, 1.165) is 11.1 Å². The Labute approximate surface area is 154 Å². The average molecular weight is 360 g/mol. The number of furan rings is 1. The standard InChI is InChI=1S/C22H16O5/c1-13-5-3-6-15(11-13)22(24)27-21-19(23)16-9-8-14(2)12-18(16)26-20(21)17-7-4-10-25-17/h3-12H,1-2H3. The molecule has 5 nitrogen and oxygen atoms in total. The summed E-state index contributed by atoms with van der Waals surface area (Å²) in [5.74, 6) is -0.426. The number of hydrogen-bond acceptors (Lipinski definition) is 5. The summed E-state index contributed by atoms with van der Waals surface area (Å²) in [6.45, 7) is 3.77. The highest BCUT2D eigenvalue weighted by Gasteiger charge is 2.23. The number of benzene rings is 2. The van der Waals surface area contributed by atoms with E-state index in [1.165, 1.54) is 6.26 Å². The third kappa shape index (κ3) is 3.15. The summed E-state index contributed by atoms with van der Waals surface area (Å²) in [5, 5.41) is 0.336. The van der Waals surface area contributed by atoms with Crippen molar-refractivity contribution in [3.63, 3.8) is 0 Å². The Morgan fingerprint density at radius 1 is 0.963 bits per heavy atom. The SMILES string of the molecule is Cc1cccc(C(=O)Oc2c(-c3ccco3)oc3cc(C)ccc3c2=O)c1. The topological polar surface area (TPSA) is 69.7 Å². The van der Waals surface area contributed by atoms with Crippen molar-refractivity contribution in [3.05, 3.63) is 87.8 Å². The van der Waals surface area contributed by atoms with Crippen molar-refractivity contribution >= 4 is 16.9 Å². The molecule has 0 aliphatic heterocycles. The monoisotopic (exact) mass is 360 g/mol. The van der Waals surface area contributed by atoms with Crippen LogP contribution in [0.2, 0.25) is 0 Å². The smallest absolute Gasteiger partial charge is 0.343 e. The van der Waals surface area contributed by atoms with Gasteiger partial charge >= 0.3 is 5.97 Å². The molecule has 0 fully saturated rings. The van der Waals surface area contributed by atoms with E-state index in [0.29, 0.717) is 22.3 Å². The summed E-state index contributed by atoms with van der Waals surface area (Å²) in [5.41, 5.74) is 2.19. The van der Waals surface area contributed by atoms with Crippen LogP contribution in [0.25, 0.3) is 22.5 Å². The molecule has 0 saturated heterocycles. The molecule has 0 spiro atoms. The van der Waals surface area contributed by atoms with E-state index >= 15 is 0 Å². The molecule has 27 heavy (non-hydrogen) atoms. The molecule has 0 saturated carbocycles. The Hall–Kier alpha value is -3.60. The molecule has 0 radical (unpaired) electrons. The minimum atomic E-state index is -0.634. The number of ether oxygens (including phenoxy) is 1. The third-order valence-electron chi connectivity index (χ3n) is 4.20. The van der Waals surface area contributed by atoms with Crippen molar-refractivity contribution in [2.45, 2.75) is 13.8 Å². The molecule has 0 N–H and O–H groups in total. The van der Waals surface area contributed by atoms with Gasteiger partial charge in [-0.1, -0.05) is 23.8 Å². The van der Waals surface area contributed by atoms with Gasteiger partial charge in [-0.05, 0) is 55.8 Å². The Morgan fingerprint density at radius 2 is 1.78 bits per heavy atom. The van der Waals surface area contributed by atoms with Gasteiger partial charge in [-0.2, -0.15) is 0 Å². The van der Waals surface area contributed by atoms with E-state index in [2.05, 4.69) is 0 Å². The summed E-state index contributed by atoms with van der Waals surface area (Å²) in [4.78, 5) is 25.6. The maximum Gasteiger partial charge on any atom is 0.343 e. The number of fused-ring (bicyclic) bond motifs is 1.